The smallest absolute Gasteiger partial charge is 0.267 e. The van der Waals surface area contributed by atoms with E-state index in [0.29, 0.717) is 28.2 Å². The Hall–Kier alpha value is -1.98. The summed E-state index contributed by atoms with van der Waals surface area (Å²) in [5, 5.41) is 5.52. The molecule has 0 aliphatic carbocycles. The van der Waals surface area contributed by atoms with Gasteiger partial charge in [-0.15, -0.1) is 0 Å². The van der Waals surface area contributed by atoms with Crippen molar-refractivity contribution in [1.82, 2.24) is 9.66 Å². The van der Waals surface area contributed by atoms with Crippen LogP contribution in [0.2, 0.25) is 5.02 Å². The molecule has 0 saturated heterocycles. The molecule has 24 heavy (non-hydrogen) atoms. The van der Waals surface area contributed by atoms with Crippen molar-refractivity contribution in [3.63, 3.8) is 0 Å². The van der Waals surface area contributed by atoms with Crippen LogP contribution in [0.15, 0.2) is 56.8 Å². The maximum absolute atomic E-state index is 12.8. The Morgan fingerprint density at radius 3 is 2.88 bits per heavy atom. The van der Waals surface area contributed by atoms with Gasteiger partial charge in [0.1, 0.15) is 5.82 Å². The van der Waals surface area contributed by atoms with Crippen molar-refractivity contribution in [3.05, 3.63) is 73.7 Å². The predicted octanol–water partition coefficient (Wildman–Crippen LogP) is 4.65. The molecule has 4 nitrogen and oxygen atoms in total. The average Bonchev–Trinajstić information content (AvgIpc) is 2.56. The van der Waals surface area contributed by atoms with Gasteiger partial charge >= 0.3 is 0 Å². The van der Waals surface area contributed by atoms with Crippen LogP contribution >= 0.6 is 27.5 Å². The highest BCUT2D eigenvalue weighted by Crippen LogP contribution is 2.16. The molecule has 6 heteroatoms. The summed E-state index contributed by atoms with van der Waals surface area (Å²) in [6, 6.07) is 12.8. The molecule has 0 fully saturated rings. The summed E-state index contributed by atoms with van der Waals surface area (Å²) in [6.07, 6.45) is 3.17. The highest BCUT2D eigenvalue weighted by molar-refractivity contribution is 9.10. The van der Waals surface area contributed by atoms with Crippen molar-refractivity contribution >= 4 is 44.6 Å². The molecule has 0 radical (unpaired) electrons. The van der Waals surface area contributed by atoms with Gasteiger partial charge in [-0.25, -0.2) is 4.98 Å². The first-order valence-corrected chi connectivity index (χ1v) is 8.76. The number of aryl methyl sites for hydroxylation is 1. The van der Waals surface area contributed by atoms with Crippen LogP contribution in [-0.4, -0.2) is 15.9 Å². The molecule has 0 amide bonds. The molecule has 3 rings (SSSR count). The van der Waals surface area contributed by atoms with Crippen molar-refractivity contribution in [3.8, 4) is 0 Å². The summed E-state index contributed by atoms with van der Waals surface area (Å²) in [4.78, 5) is 17.4. The Morgan fingerprint density at radius 2 is 2.12 bits per heavy atom. The van der Waals surface area contributed by atoms with E-state index in [-0.39, 0.29) is 5.56 Å². The molecule has 0 atom stereocenters. The molecule has 3 aromatic rings. The number of aromatic nitrogens is 2. The maximum Gasteiger partial charge on any atom is 0.282 e. The van der Waals surface area contributed by atoms with Crippen LogP contribution in [0.4, 0.5) is 0 Å². The minimum Gasteiger partial charge on any atom is -0.267 e. The van der Waals surface area contributed by atoms with Gasteiger partial charge in [0, 0.05) is 15.9 Å². The Balaban J connectivity index is 2.15. The van der Waals surface area contributed by atoms with Gasteiger partial charge in [0.15, 0.2) is 0 Å². The van der Waals surface area contributed by atoms with Crippen LogP contribution in [0.3, 0.4) is 0 Å². The lowest BCUT2D eigenvalue weighted by Gasteiger charge is -2.08. The number of hydrogen-bond donors (Lipinski definition) is 0. The Morgan fingerprint density at radius 1 is 1.29 bits per heavy atom. The lowest BCUT2D eigenvalue weighted by atomic mass is 10.2. The van der Waals surface area contributed by atoms with Gasteiger partial charge in [0.25, 0.3) is 5.56 Å². The number of rotatable bonds is 4. The zero-order valence-electron chi connectivity index (χ0n) is 13.0. The molecular formula is C18H15BrClN3O. The van der Waals surface area contributed by atoms with Crippen molar-refractivity contribution < 1.29 is 0 Å². The fourth-order valence-corrected chi connectivity index (χ4v) is 2.97. The van der Waals surface area contributed by atoms with Gasteiger partial charge in [-0.1, -0.05) is 46.6 Å². The van der Waals surface area contributed by atoms with Gasteiger partial charge in [0.2, 0.25) is 0 Å². The molecule has 0 unspecified atom stereocenters. The van der Waals surface area contributed by atoms with E-state index >= 15 is 0 Å². The average molecular weight is 405 g/mol. The molecular weight excluding hydrogens is 390 g/mol. The number of fused-ring (bicyclic) bond motifs is 1. The maximum atomic E-state index is 12.8. The highest BCUT2D eigenvalue weighted by atomic mass is 79.9. The number of benzene rings is 2. The van der Waals surface area contributed by atoms with Crippen LogP contribution in [0.25, 0.3) is 10.9 Å². The first-order chi connectivity index (χ1) is 11.6. The topological polar surface area (TPSA) is 47.2 Å². The number of hydrogen-bond acceptors (Lipinski definition) is 3. The summed E-state index contributed by atoms with van der Waals surface area (Å²) < 4.78 is 2.21. The molecule has 0 spiro atoms. The minimum atomic E-state index is -0.178. The van der Waals surface area contributed by atoms with E-state index in [2.05, 4.69) is 26.0 Å². The van der Waals surface area contributed by atoms with Crippen molar-refractivity contribution in [2.45, 2.75) is 19.8 Å². The lowest BCUT2D eigenvalue weighted by molar-refractivity contribution is 0.704. The van der Waals surface area contributed by atoms with Crippen LogP contribution in [0.1, 0.15) is 24.7 Å². The van der Waals surface area contributed by atoms with Gasteiger partial charge in [-0.05, 0) is 42.3 Å². The molecule has 0 aliphatic heterocycles. The van der Waals surface area contributed by atoms with Crippen molar-refractivity contribution in [2.24, 2.45) is 5.10 Å². The second kappa shape index (κ2) is 7.28. The number of nitrogens with zero attached hydrogens (tertiary/aromatic N) is 3. The Bertz CT molecular complexity index is 982. The van der Waals surface area contributed by atoms with Crippen LogP contribution in [0.5, 0.6) is 0 Å². The van der Waals surface area contributed by atoms with Crippen molar-refractivity contribution in [2.75, 3.05) is 0 Å². The first kappa shape index (κ1) is 16.9. The van der Waals surface area contributed by atoms with Crippen LogP contribution < -0.4 is 5.56 Å². The van der Waals surface area contributed by atoms with Gasteiger partial charge < -0.3 is 0 Å². The largest absolute Gasteiger partial charge is 0.282 e. The minimum absolute atomic E-state index is 0.178. The van der Waals surface area contributed by atoms with Gasteiger partial charge in [0.05, 0.1) is 17.1 Å². The van der Waals surface area contributed by atoms with Crippen LogP contribution in [0, 0.1) is 0 Å². The second-order valence-electron chi connectivity index (χ2n) is 5.36. The van der Waals surface area contributed by atoms with E-state index in [0.717, 1.165) is 16.5 Å². The third-order valence-corrected chi connectivity index (χ3v) is 4.25. The summed E-state index contributed by atoms with van der Waals surface area (Å²) in [6.45, 7) is 2.04. The third kappa shape index (κ3) is 3.57. The Labute approximate surface area is 152 Å². The van der Waals surface area contributed by atoms with E-state index in [1.165, 1.54) is 4.68 Å². The summed E-state index contributed by atoms with van der Waals surface area (Å²) in [5.74, 6) is 0.649. The first-order valence-electron chi connectivity index (χ1n) is 7.59. The second-order valence-corrected chi connectivity index (χ2v) is 6.71. The Kier molecular flexibility index (Phi) is 5.11. The zero-order chi connectivity index (χ0) is 17.1. The lowest BCUT2D eigenvalue weighted by Crippen LogP contribution is -2.22. The van der Waals surface area contributed by atoms with E-state index in [9.17, 15) is 4.79 Å². The molecule has 1 aromatic heterocycles. The molecule has 0 saturated carbocycles. The quantitative estimate of drug-likeness (QED) is 0.594. The zero-order valence-corrected chi connectivity index (χ0v) is 15.4. The third-order valence-electron chi connectivity index (χ3n) is 3.52. The standard InChI is InChI=1S/C18H15BrClN3O/c1-2-4-17-22-16-8-7-13(19)10-15(16)18(24)23(17)21-11-12-5-3-6-14(20)9-12/h3,5-11H,2,4H2,1H3. The monoisotopic (exact) mass is 403 g/mol. The van der Waals surface area contributed by atoms with Gasteiger partial charge in [-0.3, -0.25) is 4.79 Å². The summed E-state index contributed by atoms with van der Waals surface area (Å²) in [5.41, 5.74) is 1.33. The van der Waals surface area contributed by atoms with Crippen molar-refractivity contribution in [1.29, 1.82) is 0 Å². The molecule has 0 aliphatic rings. The highest BCUT2D eigenvalue weighted by Gasteiger charge is 2.10. The van der Waals surface area contributed by atoms with E-state index in [1.807, 2.05) is 31.2 Å². The predicted molar refractivity (Wildman–Crippen MR) is 102 cm³/mol. The fraction of sp³-hybridized carbons (Fsp3) is 0.167. The van der Waals surface area contributed by atoms with E-state index in [1.54, 1.807) is 24.4 Å². The molecule has 122 valence electrons. The molecule has 0 N–H and O–H groups in total. The van der Waals surface area contributed by atoms with E-state index < -0.39 is 0 Å². The molecule has 2 aromatic carbocycles. The molecule has 1 heterocycles. The fourth-order valence-electron chi connectivity index (χ4n) is 2.41. The van der Waals surface area contributed by atoms with Gasteiger partial charge in [-0.2, -0.15) is 9.78 Å². The summed E-state index contributed by atoms with van der Waals surface area (Å²) >= 11 is 9.38. The SMILES string of the molecule is CCCc1nc2ccc(Br)cc2c(=O)n1N=Cc1cccc(Cl)c1. The van der Waals surface area contributed by atoms with E-state index in [4.69, 9.17) is 11.6 Å². The molecule has 0 bridgehead atoms. The van der Waals surface area contributed by atoms with Crippen LogP contribution in [-0.2, 0) is 6.42 Å². The normalized spacial score (nSPS) is 11.5. The number of halogens is 2. The summed E-state index contributed by atoms with van der Waals surface area (Å²) in [7, 11) is 0.